The highest BCUT2D eigenvalue weighted by atomic mass is 19.1. The zero-order valence-electron chi connectivity index (χ0n) is 17.5. The third-order valence-electron chi connectivity index (χ3n) is 5.38. The van der Waals surface area contributed by atoms with Crippen LogP contribution < -0.4 is 4.90 Å². The highest BCUT2D eigenvalue weighted by molar-refractivity contribution is 6.45. The number of rotatable bonds is 6. The average molecular weight is 414 g/mol. The molecule has 0 saturated heterocycles. The molecule has 0 saturated carbocycles. The second-order valence-corrected chi connectivity index (χ2v) is 7.51. The van der Waals surface area contributed by atoms with Gasteiger partial charge < -0.3 is 4.90 Å². The molecule has 0 aromatic heterocycles. The molecule has 0 N–H and O–H groups in total. The Labute approximate surface area is 181 Å². The highest BCUT2D eigenvalue weighted by Gasteiger charge is 2.42. The molecule has 5 heteroatoms. The van der Waals surface area contributed by atoms with Gasteiger partial charge in [0.2, 0.25) is 0 Å². The second-order valence-electron chi connectivity index (χ2n) is 7.51. The zero-order chi connectivity index (χ0) is 22.0. The lowest BCUT2D eigenvalue weighted by atomic mass is 10.0. The van der Waals surface area contributed by atoms with Gasteiger partial charge in [-0.1, -0.05) is 66.2 Å². The van der Waals surface area contributed by atoms with E-state index in [4.69, 9.17) is 0 Å². The summed E-state index contributed by atoms with van der Waals surface area (Å²) in [5.74, 6) is -1.38. The minimum Gasteiger partial charge on any atom is -0.362 e. The smallest absolute Gasteiger partial charge is 0.282 e. The molecule has 0 spiro atoms. The SMILES string of the molecule is CCN(Cc1ccccc1)C1=C(c2ccc(C)cc2)C(=O)N(c2cccc(F)c2)C1=O. The van der Waals surface area contributed by atoms with Crippen LogP contribution in [-0.2, 0) is 16.1 Å². The van der Waals surface area contributed by atoms with Crippen LogP contribution in [0, 0.1) is 12.7 Å². The summed E-state index contributed by atoms with van der Waals surface area (Å²) >= 11 is 0. The van der Waals surface area contributed by atoms with Crippen molar-refractivity contribution in [3.63, 3.8) is 0 Å². The monoisotopic (exact) mass is 414 g/mol. The van der Waals surface area contributed by atoms with Gasteiger partial charge in [-0.05, 0) is 43.2 Å². The molecule has 0 radical (unpaired) electrons. The van der Waals surface area contributed by atoms with E-state index in [1.54, 1.807) is 6.07 Å². The number of hydrogen-bond donors (Lipinski definition) is 0. The Hall–Kier alpha value is -3.73. The number of imide groups is 1. The largest absolute Gasteiger partial charge is 0.362 e. The van der Waals surface area contributed by atoms with Gasteiger partial charge in [0.15, 0.2) is 0 Å². The molecule has 4 nitrogen and oxygen atoms in total. The van der Waals surface area contributed by atoms with Crippen LogP contribution in [0.2, 0.25) is 0 Å². The van der Waals surface area contributed by atoms with Crippen molar-refractivity contribution >= 4 is 23.1 Å². The van der Waals surface area contributed by atoms with Crippen LogP contribution in [0.4, 0.5) is 10.1 Å². The van der Waals surface area contributed by atoms with E-state index in [9.17, 15) is 14.0 Å². The maximum absolute atomic E-state index is 13.9. The fourth-order valence-electron chi connectivity index (χ4n) is 3.79. The Morgan fingerprint density at radius 1 is 0.871 bits per heavy atom. The van der Waals surface area contributed by atoms with Crippen molar-refractivity contribution in [3.8, 4) is 0 Å². The summed E-state index contributed by atoms with van der Waals surface area (Å²) in [6.45, 7) is 4.94. The van der Waals surface area contributed by atoms with Gasteiger partial charge >= 0.3 is 0 Å². The lowest BCUT2D eigenvalue weighted by Gasteiger charge is -2.25. The summed E-state index contributed by atoms with van der Waals surface area (Å²) in [7, 11) is 0. The minimum absolute atomic E-state index is 0.227. The molecule has 3 aromatic rings. The van der Waals surface area contributed by atoms with Crippen molar-refractivity contribution in [2.75, 3.05) is 11.4 Å². The Morgan fingerprint density at radius 2 is 1.58 bits per heavy atom. The van der Waals surface area contributed by atoms with Gasteiger partial charge in [-0.25, -0.2) is 9.29 Å². The molecule has 3 aromatic carbocycles. The number of nitrogens with zero attached hydrogens (tertiary/aromatic N) is 2. The fraction of sp³-hybridized carbons (Fsp3) is 0.154. The quantitative estimate of drug-likeness (QED) is 0.537. The topological polar surface area (TPSA) is 40.6 Å². The first-order valence-corrected chi connectivity index (χ1v) is 10.2. The first-order chi connectivity index (χ1) is 15.0. The molecular formula is C26H23FN2O2. The van der Waals surface area contributed by atoms with Gasteiger partial charge in [0.1, 0.15) is 11.5 Å². The number of hydrogen-bond acceptors (Lipinski definition) is 3. The van der Waals surface area contributed by atoms with Gasteiger partial charge in [0, 0.05) is 13.1 Å². The van der Waals surface area contributed by atoms with Gasteiger partial charge in [0.25, 0.3) is 11.8 Å². The number of likely N-dealkylation sites (N-methyl/N-ethyl adjacent to an activating group) is 1. The Balaban J connectivity index is 1.83. The molecule has 0 atom stereocenters. The summed E-state index contributed by atoms with van der Waals surface area (Å²) in [6, 6.07) is 22.9. The third-order valence-corrected chi connectivity index (χ3v) is 5.38. The van der Waals surface area contributed by atoms with Crippen LogP contribution in [0.3, 0.4) is 0 Å². The van der Waals surface area contributed by atoms with Crippen LogP contribution in [0.5, 0.6) is 0 Å². The van der Waals surface area contributed by atoms with Crippen LogP contribution >= 0.6 is 0 Å². The van der Waals surface area contributed by atoms with Gasteiger partial charge in [-0.15, -0.1) is 0 Å². The number of amides is 2. The maximum atomic E-state index is 13.9. The highest BCUT2D eigenvalue weighted by Crippen LogP contribution is 2.35. The van der Waals surface area contributed by atoms with Crippen molar-refractivity contribution in [2.45, 2.75) is 20.4 Å². The van der Waals surface area contributed by atoms with Crippen LogP contribution in [-0.4, -0.2) is 23.3 Å². The molecule has 1 aliphatic heterocycles. The molecular weight excluding hydrogens is 391 g/mol. The molecule has 2 amide bonds. The average Bonchev–Trinajstić information content (AvgIpc) is 3.03. The van der Waals surface area contributed by atoms with E-state index in [2.05, 4.69) is 0 Å². The molecule has 0 aliphatic carbocycles. The lowest BCUT2D eigenvalue weighted by molar-refractivity contribution is -0.120. The Bertz CT molecular complexity index is 1150. The predicted octanol–water partition coefficient (Wildman–Crippen LogP) is 4.94. The van der Waals surface area contributed by atoms with E-state index in [-0.39, 0.29) is 5.69 Å². The minimum atomic E-state index is -0.500. The lowest BCUT2D eigenvalue weighted by Crippen LogP contribution is -2.35. The standard InChI is InChI=1S/C26H23FN2O2/c1-3-28(17-19-8-5-4-6-9-19)24-23(20-14-12-18(2)13-15-20)25(30)29(26(24)31)22-11-7-10-21(27)16-22/h4-16H,3,17H2,1-2H3. The molecule has 31 heavy (non-hydrogen) atoms. The Morgan fingerprint density at radius 3 is 2.23 bits per heavy atom. The summed E-state index contributed by atoms with van der Waals surface area (Å²) in [4.78, 5) is 30.0. The van der Waals surface area contributed by atoms with E-state index >= 15 is 0 Å². The number of aryl methyl sites for hydroxylation is 1. The summed E-state index contributed by atoms with van der Waals surface area (Å²) in [6.07, 6.45) is 0. The van der Waals surface area contributed by atoms with Crippen molar-refractivity contribution < 1.29 is 14.0 Å². The van der Waals surface area contributed by atoms with Gasteiger partial charge in [0.05, 0.1) is 11.3 Å². The normalized spacial score (nSPS) is 13.8. The van der Waals surface area contributed by atoms with E-state index in [0.29, 0.717) is 29.9 Å². The number of carbonyl (C=O) groups excluding carboxylic acids is 2. The van der Waals surface area contributed by atoms with Crippen molar-refractivity contribution in [1.29, 1.82) is 0 Å². The zero-order valence-corrected chi connectivity index (χ0v) is 17.5. The molecule has 4 rings (SSSR count). The second kappa shape index (κ2) is 8.56. The number of benzene rings is 3. The van der Waals surface area contributed by atoms with Crippen molar-refractivity contribution in [3.05, 3.63) is 107 Å². The molecule has 1 aliphatic rings. The number of carbonyl (C=O) groups is 2. The van der Waals surface area contributed by atoms with Crippen LogP contribution in [0.15, 0.2) is 84.6 Å². The van der Waals surface area contributed by atoms with Crippen LogP contribution in [0.1, 0.15) is 23.6 Å². The van der Waals surface area contributed by atoms with Crippen LogP contribution in [0.25, 0.3) is 5.57 Å². The first kappa shape index (κ1) is 20.5. The molecule has 0 bridgehead atoms. The summed E-state index contributed by atoms with van der Waals surface area (Å²) < 4.78 is 13.9. The van der Waals surface area contributed by atoms with Gasteiger partial charge in [-0.2, -0.15) is 0 Å². The third kappa shape index (κ3) is 3.99. The maximum Gasteiger partial charge on any atom is 0.282 e. The molecule has 156 valence electrons. The van der Waals surface area contributed by atoms with Crippen molar-refractivity contribution in [2.24, 2.45) is 0 Å². The number of anilines is 1. The molecule has 0 fully saturated rings. The Kier molecular flexibility index (Phi) is 5.67. The van der Waals surface area contributed by atoms with E-state index < -0.39 is 17.6 Å². The summed E-state index contributed by atoms with van der Waals surface area (Å²) in [5.41, 5.74) is 3.66. The van der Waals surface area contributed by atoms with Gasteiger partial charge in [-0.3, -0.25) is 9.59 Å². The summed E-state index contributed by atoms with van der Waals surface area (Å²) in [5, 5.41) is 0. The molecule has 0 unspecified atom stereocenters. The predicted molar refractivity (Wildman–Crippen MR) is 120 cm³/mol. The van der Waals surface area contributed by atoms with Crippen molar-refractivity contribution in [1.82, 2.24) is 4.90 Å². The first-order valence-electron chi connectivity index (χ1n) is 10.2. The molecule has 1 heterocycles. The number of halogens is 1. The van der Waals surface area contributed by atoms with E-state index in [1.165, 1.54) is 18.2 Å². The van der Waals surface area contributed by atoms with E-state index in [1.807, 2.05) is 73.3 Å². The van der Waals surface area contributed by atoms with E-state index in [0.717, 1.165) is 16.0 Å². The fourth-order valence-corrected chi connectivity index (χ4v) is 3.79.